The number of nitrogens with one attached hydrogen (secondary N) is 1. The fourth-order valence-electron chi connectivity index (χ4n) is 3.55. The first-order valence-electron chi connectivity index (χ1n) is 9.85. The number of halogens is 3. The van der Waals surface area contributed by atoms with Crippen LogP contribution in [0.25, 0.3) is 22.2 Å². The summed E-state index contributed by atoms with van der Waals surface area (Å²) >= 11 is 3.38. The molecule has 0 spiro atoms. The van der Waals surface area contributed by atoms with E-state index in [1.807, 2.05) is 6.07 Å². The van der Waals surface area contributed by atoms with E-state index in [0.29, 0.717) is 26.6 Å². The summed E-state index contributed by atoms with van der Waals surface area (Å²) in [4.78, 5) is 29.6. The number of benzene rings is 3. The van der Waals surface area contributed by atoms with Gasteiger partial charge in [-0.2, -0.15) is 0 Å². The minimum Gasteiger partial charge on any atom is -0.465 e. The number of hydrogen-bond acceptors (Lipinski definition) is 4. The Kier molecular flexibility index (Phi) is 6.46. The van der Waals surface area contributed by atoms with Crippen LogP contribution in [-0.4, -0.2) is 24.0 Å². The normalized spacial score (nSPS) is 10.8. The van der Waals surface area contributed by atoms with Crippen LogP contribution in [-0.2, 0) is 11.4 Å². The first-order valence-corrected chi connectivity index (χ1v) is 10.6. The Morgan fingerprint density at radius 2 is 1.82 bits per heavy atom. The molecule has 0 unspecified atom stereocenters. The average Bonchev–Trinajstić information content (AvgIpc) is 2.83. The van der Waals surface area contributed by atoms with Crippen LogP contribution >= 0.6 is 15.9 Å². The molecule has 0 fully saturated rings. The second-order valence-corrected chi connectivity index (χ2v) is 8.03. The van der Waals surface area contributed by atoms with E-state index in [1.165, 1.54) is 19.2 Å². The molecule has 1 amide bonds. The van der Waals surface area contributed by atoms with Gasteiger partial charge in [0.1, 0.15) is 12.5 Å². The Morgan fingerprint density at radius 3 is 2.48 bits per heavy atom. The van der Waals surface area contributed by atoms with Crippen LogP contribution in [0.2, 0.25) is 0 Å². The number of carbonyl (C=O) groups is 2. The highest BCUT2D eigenvalue weighted by Crippen LogP contribution is 2.33. The van der Waals surface area contributed by atoms with Gasteiger partial charge in [-0.25, -0.2) is 18.6 Å². The molecule has 1 heterocycles. The molecule has 166 valence electrons. The summed E-state index contributed by atoms with van der Waals surface area (Å²) in [5.74, 6) is -2.23. The Labute approximate surface area is 196 Å². The number of amides is 1. The molecule has 0 saturated carbocycles. The lowest BCUT2D eigenvalue weighted by Gasteiger charge is -2.16. The molecule has 8 heteroatoms. The van der Waals surface area contributed by atoms with Crippen LogP contribution in [0, 0.1) is 5.82 Å². The number of carbonyl (C=O) groups excluding carboxylic acids is 2. The zero-order valence-electron chi connectivity index (χ0n) is 17.4. The highest BCUT2D eigenvalue weighted by atomic mass is 79.9. The number of rotatable bonds is 5. The zero-order valence-corrected chi connectivity index (χ0v) is 18.9. The number of anilines is 1. The van der Waals surface area contributed by atoms with Crippen molar-refractivity contribution in [2.45, 2.75) is 6.67 Å². The summed E-state index contributed by atoms with van der Waals surface area (Å²) in [6.07, 6.45) is 0. The third-order valence-corrected chi connectivity index (χ3v) is 5.59. The summed E-state index contributed by atoms with van der Waals surface area (Å²) in [5, 5.41) is 2.92. The van der Waals surface area contributed by atoms with Crippen LogP contribution in [0.1, 0.15) is 26.3 Å². The second kappa shape index (κ2) is 9.46. The standard InChI is InChI=1S/C25H17BrF2N2O3/c1-33-25(32)15-7-9-21(19(28)11-15)30-24(31)22-17-12-16(26)8-10-20(17)29-23(18(22)13-27)14-5-3-2-4-6-14/h2-12H,13H2,1H3,(H,30,31). The molecular formula is C25H17BrF2N2O3. The molecule has 1 N–H and O–H groups in total. The molecule has 0 saturated heterocycles. The van der Waals surface area contributed by atoms with Crippen molar-refractivity contribution in [2.75, 3.05) is 12.4 Å². The summed E-state index contributed by atoms with van der Waals surface area (Å²) in [7, 11) is 1.19. The van der Waals surface area contributed by atoms with E-state index in [1.54, 1.807) is 42.5 Å². The first-order chi connectivity index (χ1) is 15.9. The van der Waals surface area contributed by atoms with Gasteiger partial charge in [-0.3, -0.25) is 4.79 Å². The summed E-state index contributed by atoms with van der Waals surface area (Å²) in [6.45, 7) is -0.952. The Bertz CT molecular complexity index is 1380. The van der Waals surface area contributed by atoms with E-state index < -0.39 is 24.4 Å². The smallest absolute Gasteiger partial charge is 0.337 e. The van der Waals surface area contributed by atoms with Gasteiger partial charge in [-0.15, -0.1) is 0 Å². The topological polar surface area (TPSA) is 68.3 Å². The quantitative estimate of drug-likeness (QED) is 0.319. The lowest BCUT2D eigenvalue weighted by Crippen LogP contribution is -2.17. The summed E-state index contributed by atoms with van der Waals surface area (Å²) in [6, 6.07) is 17.7. The SMILES string of the molecule is COC(=O)c1ccc(NC(=O)c2c(CF)c(-c3ccccc3)nc3ccc(Br)cc23)c(F)c1. The minimum absolute atomic E-state index is 0.00195. The maximum absolute atomic E-state index is 14.6. The molecule has 0 aliphatic rings. The Hall–Kier alpha value is -3.65. The molecule has 0 bridgehead atoms. The van der Waals surface area contributed by atoms with Crippen molar-refractivity contribution in [2.24, 2.45) is 0 Å². The number of nitrogens with zero attached hydrogens (tertiary/aromatic N) is 1. The van der Waals surface area contributed by atoms with Crippen LogP contribution in [0.15, 0.2) is 71.2 Å². The highest BCUT2D eigenvalue weighted by molar-refractivity contribution is 9.10. The number of pyridine rings is 1. The molecule has 0 radical (unpaired) electrons. The van der Waals surface area contributed by atoms with Gasteiger partial charge in [0.2, 0.25) is 0 Å². The van der Waals surface area contributed by atoms with Crippen molar-refractivity contribution >= 4 is 44.4 Å². The van der Waals surface area contributed by atoms with E-state index in [2.05, 4.69) is 31.0 Å². The lowest BCUT2D eigenvalue weighted by molar-refractivity contribution is 0.0600. The number of ether oxygens (including phenoxy) is 1. The predicted molar refractivity (Wildman–Crippen MR) is 125 cm³/mol. The number of esters is 1. The minimum atomic E-state index is -0.952. The molecule has 4 aromatic rings. The molecule has 0 atom stereocenters. The average molecular weight is 511 g/mol. The third-order valence-electron chi connectivity index (χ3n) is 5.09. The molecule has 5 nitrogen and oxygen atoms in total. The van der Waals surface area contributed by atoms with Crippen molar-refractivity contribution in [3.8, 4) is 11.3 Å². The molecule has 4 rings (SSSR count). The number of alkyl halides is 1. The lowest BCUT2D eigenvalue weighted by atomic mass is 9.96. The third kappa shape index (κ3) is 4.47. The van der Waals surface area contributed by atoms with Gasteiger partial charge in [0.15, 0.2) is 0 Å². The summed E-state index contributed by atoms with van der Waals surface area (Å²) in [5.41, 5.74) is 1.47. The number of methoxy groups -OCH3 is 1. The second-order valence-electron chi connectivity index (χ2n) is 7.12. The maximum atomic E-state index is 14.6. The highest BCUT2D eigenvalue weighted by Gasteiger charge is 2.23. The van der Waals surface area contributed by atoms with E-state index in [0.717, 1.165) is 6.07 Å². The number of fused-ring (bicyclic) bond motifs is 1. The first kappa shape index (κ1) is 22.5. The molecule has 0 aliphatic heterocycles. The monoisotopic (exact) mass is 510 g/mol. The van der Waals surface area contributed by atoms with E-state index >= 15 is 0 Å². The van der Waals surface area contributed by atoms with Gasteiger partial charge in [-0.05, 0) is 36.4 Å². The fourth-order valence-corrected chi connectivity index (χ4v) is 3.91. The van der Waals surface area contributed by atoms with Gasteiger partial charge in [0, 0.05) is 21.0 Å². The summed E-state index contributed by atoms with van der Waals surface area (Å²) < 4.78 is 34.2. The van der Waals surface area contributed by atoms with Crippen molar-refractivity contribution < 1.29 is 23.1 Å². The Balaban J connectivity index is 1.86. The number of aromatic nitrogens is 1. The molecule has 3 aromatic carbocycles. The van der Waals surface area contributed by atoms with Crippen LogP contribution in [0.5, 0.6) is 0 Å². The molecular weight excluding hydrogens is 494 g/mol. The van der Waals surface area contributed by atoms with Crippen molar-refractivity contribution in [3.05, 3.63) is 93.7 Å². The van der Waals surface area contributed by atoms with Crippen LogP contribution in [0.4, 0.5) is 14.5 Å². The van der Waals surface area contributed by atoms with Crippen molar-refractivity contribution in [1.82, 2.24) is 4.98 Å². The van der Waals surface area contributed by atoms with Gasteiger partial charge in [0.25, 0.3) is 5.91 Å². The van der Waals surface area contributed by atoms with Crippen molar-refractivity contribution in [1.29, 1.82) is 0 Å². The van der Waals surface area contributed by atoms with E-state index in [-0.39, 0.29) is 22.4 Å². The van der Waals surface area contributed by atoms with Gasteiger partial charge in [-0.1, -0.05) is 46.3 Å². The van der Waals surface area contributed by atoms with Crippen LogP contribution < -0.4 is 5.32 Å². The van der Waals surface area contributed by atoms with Gasteiger partial charge < -0.3 is 10.1 Å². The predicted octanol–water partition coefficient (Wildman–Crippen LogP) is 6.31. The van der Waals surface area contributed by atoms with E-state index in [4.69, 9.17) is 0 Å². The zero-order chi connectivity index (χ0) is 23.5. The number of hydrogen-bond donors (Lipinski definition) is 1. The van der Waals surface area contributed by atoms with Crippen LogP contribution in [0.3, 0.4) is 0 Å². The molecule has 0 aliphatic carbocycles. The Morgan fingerprint density at radius 1 is 1.06 bits per heavy atom. The van der Waals surface area contributed by atoms with Gasteiger partial charge >= 0.3 is 5.97 Å². The van der Waals surface area contributed by atoms with Gasteiger partial charge in [0.05, 0.1) is 35.1 Å². The van der Waals surface area contributed by atoms with E-state index in [9.17, 15) is 18.4 Å². The fraction of sp³-hybridized carbons (Fsp3) is 0.0800. The van der Waals surface area contributed by atoms with Crippen molar-refractivity contribution in [3.63, 3.8) is 0 Å². The molecule has 33 heavy (non-hydrogen) atoms. The largest absolute Gasteiger partial charge is 0.465 e. The maximum Gasteiger partial charge on any atom is 0.337 e. The molecule has 1 aromatic heterocycles.